The molecule has 112 valence electrons. The molecule has 1 aromatic heterocycles. The van der Waals surface area contributed by atoms with Crippen molar-refractivity contribution < 1.29 is 9.34 Å². The topological polar surface area (TPSA) is 68.3 Å². The number of benzene rings is 1. The highest BCUT2D eigenvalue weighted by molar-refractivity contribution is 7.98. The number of hydrogen-bond acceptors (Lipinski definition) is 5. The minimum atomic E-state index is -0.360. The molecule has 0 spiro atoms. The summed E-state index contributed by atoms with van der Waals surface area (Å²) in [6.45, 7) is 4.84. The second-order valence-electron chi connectivity index (χ2n) is 4.66. The number of furan rings is 1. The van der Waals surface area contributed by atoms with Crippen LogP contribution >= 0.6 is 11.8 Å². The van der Waals surface area contributed by atoms with E-state index in [4.69, 9.17) is 4.42 Å². The Bertz CT molecular complexity index is 625. The zero-order chi connectivity index (χ0) is 15.2. The minimum Gasteiger partial charge on any atom is -0.468 e. The first-order valence-corrected chi connectivity index (χ1v) is 7.78. The SMILES string of the molecule is CCCNc1ccc([N+](=O)[O-])cc1CSc1ccoc1C. The molecule has 5 nitrogen and oxygen atoms in total. The van der Waals surface area contributed by atoms with Crippen molar-refractivity contribution in [3.05, 3.63) is 52.0 Å². The van der Waals surface area contributed by atoms with Crippen molar-refractivity contribution in [1.29, 1.82) is 0 Å². The summed E-state index contributed by atoms with van der Waals surface area (Å²) < 4.78 is 5.27. The van der Waals surface area contributed by atoms with Crippen molar-refractivity contribution in [1.82, 2.24) is 0 Å². The van der Waals surface area contributed by atoms with Crippen molar-refractivity contribution in [2.24, 2.45) is 0 Å². The highest BCUT2D eigenvalue weighted by Gasteiger charge is 2.12. The van der Waals surface area contributed by atoms with Crippen LogP contribution in [0, 0.1) is 17.0 Å². The number of anilines is 1. The van der Waals surface area contributed by atoms with Crippen LogP contribution in [0.15, 0.2) is 39.8 Å². The molecule has 6 heteroatoms. The number of nitro benzene ring substituents is 1. The van der Waals surface area contributed by atoms with E-state index in [1.807, 2.05) is 13.0 Å². The van der Waals surface area contributed by atoms with Gasteiger partial charge < -0.3 is 9.73 Å². The molecule has 21 heavy (non-hydrogen) atoms. The molecule has 1 aromatic carbocycles. The molecular weight excluding hydrogens is 288 g/mol. The molecule has 0 aliphatic rings. The summed E-state index contributed by atoms with van der Waals surface area (Å²) in [6.07, 6.45) is 2.66. The van der Waals surface area contributed by atoms with Crippen molar-refractivity contribution >= 4 is 23.1 Å². The third-order valence-corrected chi connectivity index (χ3v) is 4.25. The van der Waals surface area contributed by atoms with Gasteiger partial charge in [0, 0.05) is 35.0 Å². The number of aryl methyl sites for hydroxylation is 1. The van der Waals surface area contributed by atoms with Crippen LogP contribution in [-0.2, 0) is 5.75 Å². The molecule has 0 saturated heterocycles. The summed E-state index contributed by atoms with van der Waals surface area (Å²) >= 11 is 1.62. The summed E-state index contributed by atoms with van der Waals surface area (Å²) in [5.41, 5.74) is 2.01. The van der Waals surface area contributed by atoms with Gasteiger partial charge in [0.25, 0.3) is 5.69 Å². The molecule has 0 bridgehead atoms. The van der Waals surface area contributed by atoms with E-state index in [-0.39, 0.29) is 10.6 Å². The lowest BCUT2D eigenvalue weighted by Crippen LogP contribution is -2.03. The first kappa shape index (κ1) is 15.4. The average molecular weight is 306 g/mol. The predicted molar refractivity (Wildman–Crippen MR) is 84.9 cm³/mol. The van der Waals surface area contributed by atoms with Crippen LogP contribution in [-0.4, -0.2) is 11.5 Å². The van der Waals surface area contributed by atoms with Crippen LogP contribution in [0.5, 0.6) is 0 Å². The molecule has 1 N–H and O–H groups in total. The van der Waals surface area contributed by atoms with Crippen LogP contribution in [0.2, 0.25) is 0 Å². The summed E-state index contributed by atoms with van der Waals surface area (Å²) in [6, 6.07) is 6.87. The normalized spacial score (nSPS) is 10.6. The zero-order valence-electron chi connectivity index (χ0n) is 12.1. The Balaban J connectivity index is 2.19. The lowest BCUT2D eigenvalue weighted by atomic mass is 10.1. The number of non-ortho nitro benzene ring substituents is 1. The molecule has 0 aliphatic carbocycles. The van der Waals surface area contributed by atoms with Gasteiger partial charge in [-0.1, -0.05) is 6.92 Å². The molecule has 2 rings (SSSR count). The number of thioether (sulfide) groups is 1. The fourth-order valence-electron chi connectivity index (χ4n) is 1.92. The van der Waals surface area contributed by atoms with Gasteiger partial charge in [0.05, 0.1) is 11.2 Å². The first-order chi connectivity index (χ1) is 10.1. The van der Waals surface area contributed by atoms with Crippen LogP contribution in [0.25, 0.3) is 0 Å². The Morgan fingerprint density at radius 2 is 2.19 bits per heavy atom. The van der Waals surface area contributed by atoms with Gasteiger partial charge in [-0.05, 0) is 31.0 Å². The largest absolute Gasteiger partial charge is 0.468 e. The third kappa shape index (κ3) is 4.01. The molecular formula is C15H18N2O3S. The summed E-state index contributed by atoms with van der Waals surface area (Å²) in [5.74, 6) is 1.53. The second-order valence-corrected chi connectivity index (χ2v) is 5.67. The highest BCUT2D eigenvalue weighted by Crippen LogP contribution is 2.31. The van der Waals surface area contributed by atoms with Gasteiger partial charge in [0.1, 0.15) is 5.76 Å². The van der Waals surface area contributed by atoms with Crippen molar-refractivity contribution in [3.63, 3.8) is 0 Å². The van der Waals surface area contributed by atoms with Crippen molar-refractivity contribution in [2.45, 2.75) is 30.9 Å². The van der Waals surface area contributed by atoms with Crippen molar-refractivity contribution in [2.75, 3.05) is 11.9 Å². The molecule has 2 aromatic rings. The van der Waals surface area contributed by atoms with E-state index in [1.54, 1.807) is 30.2 Å². The quantitative estimate of drug-likeness (QED) is 0.459. The van der Waals surface area contributed by atoms with Crippen LogP contribution < -0.4 is 5.32 Å². The number of nitrogens with zero attached hydrogens (tertiary/aromatic N) is 1. The fourth-order valence-corrected chi connectivity index (χ4v) is 2.88. The molecule has 0 amide bonds. The maximum atomic E-state index is 10.9. The highest BCUT2D eigenvalue weighted by atomic mass is 32.2. The first-order valence-electron chi connectivity index (χ1n) is 6.80. The van der Waals surface area contributed by atoms with Gasteiger partial charge in [-0.15, -0.1) is 11.8 Å². The molecule has 0 unspecified atom stereocenters. The van der Waals surface area contributed by atoms with Gasteiger partial charge in [-0.3, -0.25) is 10.1 Å². The molecule has 0 radical (unpaired) electrons. The van der Waals surface area contributed by atoms with E-state index in [1.165, 1.54) is 6.07 Å². The van der Waals surface area contributed by atoms with Crippen LogP contribution in [0.4, 0.5) is 11.4 Å². The maximum Gasteiger partial charge on any atom is 0.269 e. The smallest absolute Gasteiger partial charge is 0.269 e. The van der Waals surface area contributed by atoms with E-state index < -0.39 is 0 Å². The van der Waals surface area contributed by atoms with E-state index in [9.17, 15) is 10.1 Å². The Kier molecular flexibility index (Phi) is 5.27. The summed E-state index contributed by atoms with van der Waals surface area (Å²) in [7, 11) is 0. The Labute approximate surface area is 127 Å². The Morgan fingerprint density at radius 1 is 1.38 bits per heavy atom. The van der Waals surface area contributed by atoms with Gasteiger partial charge in [0.15, 0.2) is 0 Å². The lowest BCUT2D eigenvalue weighted by molar-refractivity contribution is -0.384. The van der Waals surface area contributed by atoms with E-state index >= 15 is 0 Å². The number of nitro groups is 1. The zero-order valence-corrected chi connectivity index (χ0v) is 12.9. The average Bonchev–Trinajstić information content (AvgIpc) is 2.88. The van der Waals surface area contributed by atoms with Crippen LogP contribution in [0.3, 0.4) is 0 Å². The van der Waals surface area contributed by atoms with Crippen molar-refractivity contribution in [3.8, 4) is 0 Å². The molecule has 0 fully saturated rings. The fraction of sp³-hybridized carbons (Fsp3) is 0.333. The van der Waals surface area contributed by atoms with E-state index in [0.717, 1.165) is 34.9 Å². The van der Waals surface area contributed by atoms with Crippen LogP contribution in [0.1, 0.15) is 24.7 Å². The Hall–Kier alpha value is -1.95. The molecule has 0 aliphatic heterocycles. The maximum absolute atomic E-state index is 10.9. The van der Waals surface area contributed by atoms with Gasteiger partial charge in [-0.25, -0.2) is 0 Å². The molecule has 1 heterocycles. The standard InChI is InChI=1S/C15H18N2O3S/c1-3-7-16-14-5-4-13(17(18)19)9-12(14)10-21-15-6-8-20-11(15)2/h4-6,8-9,16H,3,7,10H2,1-2H3. The number of nitrogens with one attached hydrogen (secondary N) is 1. The van der Waals surface area contributed by atoms with Gasteiger partial charge >= 0.3 is 0 Å². The number of rotatable bonds is 7. The second kappa shape index (κ2) is 7.17. The third-order valence-electron chi connectivity index (χ3n) is 3.06. The van der Waals surface area contributed by atoms with E-state index in [2.05, 4.69) is 12.2 Å². The minimum absolute atomic E-state index is 0.122. The Morgan fingerprint density at radius 3 is 2.81 bits per heavy atom. The lowest BCUT2D eigenvalue weighted by Gasteiger charge is -2.11. The monoisotopic (exact) mass is 306 g/mol. The molecule has 0 saturated carbocycles. The van der Waals surface area contributed by atoms with Gasteiger partial charge in [0.2, 0.25) is 0 Å². The summed E-state index contributed by atoms with van der Waals surface area (Å²) in [5, 5.41) is 14.2. The number of hydrogen-bond donors (Lipinski definition) is 1. The molecule has 0 atom stereocenters. The predicted octanol–water partition coefficient (Wildman–Crippen LogP) is 4.61. The van der Waals surface area contributed by atoms with E-state index in [0.29, 0.717) is 5.75 Å². The summed E-state index contributed by atoms with van der Waals surface area (Å²) in [4.78, 5) is 11.6. The van der Waals surface area contributed by atoms with Gasteiger partial charge in [-0.2, -0.15) is 0 Å².